The predicted octanol–water partition coefficient (Wildman–Crippen LogP) is 7.94. The summed E-state index contributed by atoms with van der Waals surface area (Å²) >= 11 is 0. The van der Waals surface area contributed by atoms with Gasteiger partial charge >= 0.3 is 0 Å². The molecular weight excluding hydrogens is 364 g/mol. The van der Waals surface area contributed by atoms with Crippen molar-refractivity contribution in [3.05, 3.63) is 23.3 Å². The summed E-state index contributed by atoms with van der Waals surface area (Å²) in [6, 6.07) is 0. The highest BCUT2D eigenvalue weighted by atomic mass is 16.3. The van der Waals surface area contributed by atoms with Crippen LogP contribution in [-0.4, -0.2) is 11.2 Å². The van der Waals surface area contributed by atoms with Gasteiger partial charge in [-0.1, -0.05) is 57.9 Å². The van der Waals surface area contributed by atoms with Gasteiger partial charge < -0.3 is 5.11 Å². The number of hydrogen-bond acceptors (Lipinski definition) is 1. The van der Waals surface area contributed by atoms with Crippen LogP contribution in [0.3, 0.4) is 0 Å². The number of aliphatic hydroxyl groups excluding tert-OH is 1. The van der Waals surface area contributed by atoms with Crippen molar-refractivity contribution in [2.75, 3.05) is 0 Å². The Morgan fingerprint density at radius 1 is 1.10 bits per heavy atom. The highest BCUT2D eigenvalue weighted by Gasteiger charge is 2.59. The van der Waals surface area contributed by atoms with Gasteiger partial charge in [0.2, 0.25) is 0 Å². The summed E-state index contributed by atoms with van der Waals surface area (Å²) in [7, 11) is 0. The molecular formula is C29H48O. The van der Waals surface area contributed by atoms with E-state index in [-0.39, 0.29) is 6.10 Å². The Balaban J connectivity index is 1.49. The molecule has 0 amide bonds. The Kier molecular flexibility index (Phi) is 6.35. The third-order valence-electron chi connectivity index (χ3n) is 10.8. The zero-order chi connectivity index (χ0) is 21.7. The van der Waals surface area contributed by atoms with Gasteiger partial charge in [-0.3, -0.25) is 0 Å². The molecule has 1 heteroatoms. The van der Waals surface area contributed by atoms with Crippen LogP contribution in [0.5, 0.6) is 0 Å². The molecule has 1 unspecified atom stereocenters. The molecule has 0 radical (unpaired) electrons. The van der Waals surface area contributed by atoms with E-state index >= 15 is 0 Å². The van der Waals surface area contributed by atoms with Gasteiger partial charge in [0.15, 0.2) is 0 Å². The van der Waals surface area contributed by atoms with E-state index < -0.39 is 0 Å². The second-order valence-corrected chi connectivity index (χ2v) is 12.4. The van der Waals surface area contributed by atoms with Gasteiger partial charge in [0.1, 0.15) is 0 Å². The average molecular weight is 413 g/mol. The van der Waals surface area contributed by atoms with Crippen LogP contribution in [0.4, 0.5) is 0 Å². The molecule has 3 saturated carbocycles. The Labute approximate surface area is 186 Å². The van der Waals surface area contributed by atoms with Gasteiger partial charge in [0.25, 0.3) is 0 Å². The van der Waals surface area contributed by atoms with Crippen LogP contribution in [0.2, 0.25) is 0 Å². The smallest absolute Gasteiger partial charge is 0.0577 e. The van der Waals surface area contributed by atoms with E-state index in [2.05, 4.69) is 53.7 Å². The molecule has 30 heavy (non-hydrogen) atoms. The largest absolute Gasteiger partial charge is 0.393 e. The summed E-state index contributed by atoms with van der Waals surface area (Å²) in [5, 5.41) is 10.2. The van der Waals surface area contributed by atoms with E-state index in [1.807, 2.05) is 0 Å². The van der Waals surface area contributed by atoms with Crippen LogP contribution in [0.15, 0.2) is 23.3 Å². The fourth-order valence-corrected chi connectivity index (χ4v) is 8.98. The van der Waals surface area contributed by atoms with Gasteiger partial charge in [-0.05, 0) is 117 Å². The second-order valence-electron chi connectivity index (χ2n) is 12.4. The van der Waals surface area contributed by atoms with Crippen LogP contribution in [0.25, 0.3) is 0 Å². The topological polar surface area (TPSA) is 20.2 Å². The molecule has 1 N–H and O–H groups in total. The van der Waals surface area contributed by atoms with Crippen LogP contribution in [-0.2, 0) is 0 Å². The molecule has 0 bridgehead atoms. The van der Waals surface area contributed by atoms with Crippen molar-refractivity contribution in [1.29, 1.82) is 0 Å². The molecule has 4 rings (SSSR count). The summed E-state index contributed by atoms with van der Waals surface area (Å²) in [4.78, 5) is 0. The van der Waals surface area contributed by atoms with Crippen molar-refractivity contribution in [3.8, 4) is 0 Å². The number of rotatable bonds is 5. The van der Waals surface area contributed by atoms with Crippen molar-refractivity contribution in [2.24, 2.45) is 46.3 Å². The number of hydrogen-bond donors (Lipinski definition) is 1. The standard InChI is InChI=1S/C29H48O/c1-7-21(19(2)3)9-8-20(4)25-12-13-26-24-11-10-22-18-23(30)14-16-28(22,5)27(24)15-17-29(25,26)6/h7,10,19-20,23-27,30H,8-9,11-18H2,1-6H3/t20?,23-,24-,25+,26-,27-,28-,29+/m0/s1. The van der Waals surface area contributed by atoms with Crippen molar-refractivity contribution < 1.29 is 5.11 Å². The van der Waals surface area contributed by atoms with Crippen LogP contribution in [0, 0.1) is 46.3 Å². The van der Waals surface area contributed by atoms with E-state index in [1.165, 1.54) is 51.4 Å². The Morgan fingerprint density at radius 2 is 1.87 bits per heavy atom. The van der Waals surface area contributed by atoms with E-state index in [9.17, 15) is 5.11 Å². The Hall–Kier alpha value is -0.560. The van der Waals surface area contributed by atoms with Gasteiger partial charge in [-0.25, -0.2) is 0 Å². The van der Waals surface area contributed by atoms with Gasteiger partial charge in [0, 0.05) is 0 Å². The minimum Gasteiger partial charge on any atom is -0.393 e. The van der Waals surface area contributed by atoms with E-state index in [0.29, 0.717) is 16.7 Å². The van der Waals surface area contributed by atoms with E-state index in [4.69, 9.17) is 0 Å². The van der Waals surface area contributed by atoms with E-state index in [0.717, 1.165) is 42.4 Å². The monoisotopic (exact) mass is 412 g/mol. The predicted molar refractivity (Wildman–Crippen MR) is 128 cm³/mol. The fraction of sp³-hybridized carbons (Fsp3) is 0.862. The molecule has 4 aliphatic rings. The molecule has 0 heterocycles. The maximum Gasteiger partial charge on any atom is 0.0577 e. The number of allylic oxidation sites excluding steroid dienone is 3. The third kappa shape index (κ3) is 3.66. The number of aliphatic hydroxyl groups is 1. The fourth-order valence-electron chi connectivity index (χ4n) is 8.98. The first kappa shape index (κ1) is 22.6. The van der Waals surface area contributed by atoms with Gasteiger partial charge in [0.05, 0.1) is 6.10 Å². The molecule has 3 fully saturated rings. The summed E-state index contributed by atoms with van der Waals surface area (Å²) in [6.07, 6.45) is 17.8. The quantitative estimate of drug-likeness (QED) is 0.454. The van der Waals surface area contributed by atoms with E-state index in [1.54, 1.807) is 11.1 Å². The minimum absolute atomic E-state index is 0.0839. The third-order valence-corrected chi connectivity index (χ3v) is 10.8. The molecule has 8 atom stereocenters. The highest BCUT2D eigenvalue weighted by molar-refractivity contribution is 5.25. The SMILES string of the molecule is CC=C(CCC(C)[C@H]1CC[C@H]2[C@@H]3CC=C4C[C@@H](O)CC[C@]4(C)[C@H]3CC[C@]12C)C(C)C. The van der Waals surface area contributed by atoms with Crippen molar-refractivity contribution in [1.82, 2.24) is 0 Å². The molecule has 0 spiro atoms. The summed E-state index contributed by atoms with van der Waals surface area (Å²) < 4.78 is 0. The van der Waals surface area contributed by atoms with Crippen LogP contribution in [0.1, 0.15) is 106 Å². The summed E-state index contributed by atoms with van der Waals surface area (Å²) in [6.45, 7) is 14.7. The lowest BCUT2D eigenvalue weighted by atomic mass is 9.47. The van der Waals surface area contributed by atoms with Crippen LogP contribution < -0.4 is 0 Å². The van der Waals surface area contributed by atoms with Gasteiger partial charge in [-0.15, -0.1) is 0 Å². The molecule has 0 aromatic heterocycles. The summed E-state index contributed by atoms with van der Waals surface area (Å²) in [5.41, 5.74) is 4.21. The Morgan fingerprint density at radius 3 is 2.57 bits per heavy atom. The maximum absolute atomic E-state index is 10.2. The first-order valence-electron chi connectivity index (χ1n) is 13.2. The maximum atomic E-state index is 10.2. The molecule has 170 valence electrons. The Bertz CT molecular complexity index is 686. The van der Waals surface area contributed by atoms with Crippen molar-refractivity contribution in [2.45, 2.75) is 112 Å². The van der Waals surface area contributed by atoms with Crippen LogP contribution >= 0.6 is 0 Å². The second kappa shape index (κ2) is 8.42. The first-order chi connectivity index (χ1) is 14.2. The zero-order valence-electron chi connectivity index (χ0n) is 20.7. The molecule has 0 aromatic carbocycles. The average Bonchev–Trinajstić information content (AvgIpc) is 3.06. The molecule has 0 saturated heterocycles. The molecule has 0 aromatic rings. The molecule has 4 aliphatic carbocycles. The zero-order valence-corrected chi connectivity index (χ0v) is 20.7. The lowest BCUT2D eigenvalue weighted by Gasteiger charge is -2.58. The lowest BCUT2D eigenvalue weighted by Crippen LogP contribution is -2.50. The van der Waals surface area contributed by atoms with Gasteiger partial charge in [-0.2, -0.15) is 0 Å². The highest BCUT2D eigenvalue weighted by Crippen LogP contribution is 2.67. The molecule has 0 aliphatic heterocycles. The van der Waals surface area contributed by atoms with Crippen molar-refractivity contribution in [3.63, 3.8) is 0 Å². The number of fused-ring (bicyclic) bond motifs is 5. The molecule has 1 nitrogen and oxygen atoms in total. The summed E-state index contributed by atoms with van der Waals surface area (Å²) in [5.74, 6) is 5.15. The normalized spacial score (nSPS) is 44.9. The van der Waals surface area contributed by atoms with Crippen molar-refractivity contribution >= 4 is 0 Å². The minimum atomic E-state index is -0.0839. The lowest BCUT2D eigenvalue weighted by molar-refractivity contribution is -0.0571. The first-order valence-corrected chi connectivity index (χ1v) is 13.2.